The quantitative estimate of drug-likeness (QED) is 0.668. The van der Waals surface area contributed by atoms with Crippen LogP contribution in [0.25, 0.3) is 11.6 Å². The number of thiazole rings is 1. The van der Waals surface area contributed by atoms with Gasteiger partial charge in [0.1, 0.15) is 5.82 Å². The lowest BCUT2D eigenvalue weighted by Gasteiger charge is -2.03. The molecule has 0 radical (unpaired) electrons. The zero-order valence-corrected chi connectivity index (χ0v) is 14.9. The number of allylic oxidation sites excluding steroid dienone is 1. The van der Waals surface area contributed by atoms with Gasteiger partial charge in [-0.1, -0.05) is 29.0 Å². The number of benzene rings is 1. The number of nitrogens with one attached hydrogen (secondary N) is 1. The Morgan fingerprint density at radius 3 is 3.04 bits per heavy atom. The lowest BCUT2D eigenvalue weighted by molar-refractivity contribution is 0.456. The highest BCUT2D eigenvalue weighted by atomic mass is 35.5. The molecule has 1 aliphatic heterocycles. The van der Waals surface area contributed by atoms with E-state index >= 15 is 0 Å². The van der Waals surface area contributed by atoms with Crippen LogP contribution >= 0.6 is 22.9 Å². The van der Waals surface area contributed by atoms with Gasteiger partial charge in [0.2, 0.25) is 5.88 Å². The second-order valence-corrected chi connectivity index (χ2v) is 6.98. The summed E-state index contributed by atoms with van der Waals surface area (Å²) >= 11 is 7.09. The molecule has 130 valence electrons. The first-order chi connectivity index (χ1) is 12.6. The number of hydrogen-bond donors (Lipinski definition) is 2. The smallest absolute Gasteiger partial charge is 0.231 e. The minimum atomic E-state index is -0.454. The van der Waals surface area contributed by atoms with Crippen molar-refractivity contribution in [3.63, 3.8) is 0 Å². The average molecular weight is 387 g/mol. The molecule has 0 spiro atoms. The molecule has 0 aliphatic carbocycles. The van der Waals surface area contributed by atoms with E-state index in [-0.39, 0.29) is 10.9 Å². The predicted octanol–water partition coefficient (Wildman–Crippen LogP) is 4.90. The summed E-state index contributed by atoms with van der Waals surface area (Å²) < 4.78 is 13.2. The highest BCUT2D eigenvalue weighted by Gasteiger charge is 2.15. The van der Waals surface area contributed by atoms with Crippen LogP contribution in [0.4, 0.5) is 15.3 Å². The van der Waals surface area contributed by atoms with Gasteiger partial charge in [-0.05, 0) is 35.9 Å². The van der Waals surface area contributed by atoms with Crippen molar-refractivity contribution in [1.29, 1.82) is 0 Å². The van der Waals surface area contributed by atoms with E-state index < -0.39 is 5.82 Å². The van der Waals surface area contributed by atoms with Crippen LogP contribution in [0, 0.1) is 5.82 Å². The predicted molar refractivity (Wildman–Crippen MR) is 103 cm³/mol. The summed E-state index contributed by atoms with van der Waals surface area (Å²) in [4.78, 5) is 13.2. The van der Waals surface area contributed by atoms with E-state index in [4.69, 9.17) is 11.6 Å². The molecule has 2 aromatic heterocycles. The van der Waals surface area contributed by atoms with Crippen molar-refractivity contribution in [1.82, 2.24) is 9.97 Å². The Hall–Kier alpha value is -2.77. The third-order valence-electron chi connectivity index (χ3n) is 3.77. The minimum Gasteiger partial charge on any atom is -0.492 e. The van der Waals surface area contributed by atoms with E-state index in [2.05, 4.69) is 20.3 Å². The van der Waals surface area contributed by atoms with Crippen molar-refractivity contribution in [2.24, 2.45) is 4.99 Å². The summed E-state index contributed by atoms with van der Waals surface area (Å²) in [6.45, 7) is 0.414. The maximum atomic E-state index is 13.2. The zero-order valence-electron chi connectivity index (χ0n) is 13.3. The maximum absolute atomic E-state index is 13.2. The first-order valence-electron chi connectivity index (χ1n) is 7.69. The van der Waals surface area contributed by atoms with Gasteiger partial charge in [0.15, 0.2) is 10.9 Å². The number of fused-ring (bicyclic) bond motifs is 1. The zero-order chi connectivity index (χ0) is 18.1. The van der Waals surface area contributed by atoms with Crippen LogP contribution in [-0.4, -0.2) is 21.3 Å². The Kier molecular flexibility index (Phi) is 4.40. The van der Waals surface area contributed by atoms with Gasteiger partial charge in [-0.2, -0.15) is 4.98 Å². The van der Waals surface area contributed by atoms with Crippen molar-refractivity contribution in [3.8, 4) is 5.88 Å². The van der Waals surface area contributed by atoms with Crippen LogP contribution in [0.15, 0.2) is 41.5 Å². The fraction of sp³-hybridized carbons (Fsp3) is 0.0556. The second-order valence-electron chi connectivity index (χ2n) is 5.54. The van der Waals surface area contributed by atoms with E-state index in [9.17, 15) is 9.50 Å². The number of aromatic hydroxyl groups is 1. The molecular formula is C18H12ClFN4OS. The largest absolute Gasteiger partial charge is 0.492 e. The monoisotopic (exact) mass is 386 g/mol. The van der Waals surface area contributed by atoms with Crippen LogP contribution in [0.1, 0.15) is 16.0 Å². The van der Waals surface area contributed by atoms with Gasteiger partial charge in [-0.15, -0.1) is 0 Å². The minimum absolute atomic E-state index is 0.0621. The first-order valence-corrected chi connectivity index (χ1v) is 8.88. The number of pyridine rings is 1. The number of halogens is 2. The van der Waals surface area contributed by atoms with Crippen LogP contribution in [-0.2, 0) is 6.54 Å². The molecule has 5 nitrogen and oxygen atoms in total. The van der Waals surface area contributed by atoms with E-state index in [1.165, 1.54) is 17.4 Å². The standard InChI is InChI=1S/C18H12ClFN4OS/c19-13-6-10(3-4-14(13)20)8-23-18-24-17(25)15(26-18)7-11-9-22-16-12(11)2-1-5-21-16/h1-7,9,25H,8H2,(H,23,24). The van der Waals surface area contributed by atoms with Gasteiger partial charge in [0, 0.05) is 30.1 Å². The summed E-state index contributed by atoms with van der Waals surface area (Å²) in [5.74, 6) is 0.145. The fourth-order valence-electron chi connectivity index (χ4n) is 2.50. The molecule has 3 aromatic rings. The highest BCUT2D eigenvalue weighted by molar-refractivity contribution is 7.16. The number of nitrogens with zero attached hydrogens (tertiary/aromatic N) is 3. The molecule has 26 heavy (non-hydrogen) atoms. The molecule has 0 fully saturated rings. The number of hydrogen-bond acceptors (Lipinski definition) is 6. The van der Waals surface area contributed by atoms with E-state index in [1.54, 1.807) is 24.5 Å². The van der Waals surface area contributed by atoms with Crippen LogP contribution in [0.5, 0.6) is 5.88 Å². The van der Waals surface area contributed by atoms with Crippen LogP contribution in [0.2, 0.25) is 5.02 Å². The SMILES string of the molecule is Oc1nc(NCc2ccc(F)c(Cl)c2)sc1C=C1C=Nc2ncccc21. The Bertz CT molecular complexity index is 1050. The molecule has 8 heteroatoms. The molecule has 1 aromatic carbocycles. The number of aromatic nitrogens is 2. The van der Waals surface area contributed by atoms with Crippen molar-refractivity contribution >= 4 is 51.8 Å². The third-order valence-corrected chi connectivity index (χ3v) is 5.01. The summed E-state index contributed by atoms with van der Waals surface area (Å²) in [6.07, 6.45) is 5.22. The summed E-state index contributed by atoms with van der Waals surface area (Å²) in [6, 6.07) is 8.29. The van der Waals surface area contributed by atoms with Gasteiger partial charge < -0.3 is 10.4 Å². The summed E-state index contributed by atoms with van der Waals surface area (Å²) in [5, 5.41) is 13.8. The summed E-state index contributed by atoms with van der Waals surface area (Å²) in [5.41, 5.74) is 2.59. The molecule has 0 atom stereocenters. The highest BCUT2D eigenvalue weighted by Crippen LogP contribution is 2.35. The van der Waals surface area contributed by atoms with Crippen LogP contribution in [0.3, 0.4) is 0 Å². The Labute approximate surface area is 157 Å². The second kappa shape index (κ2) is 6.86. The first kappa shape index (κ1) is 16.7. The molecule has 4 rings (SSSR count). The summed E-state index contributed by atoms with van der Waals surface area (Å²) in [7, 11) is 0. The van der Waals surface area contributed by atoms with Crippen LogP contribution < -0.4 is 5.32 Å². The number of rotatable bonds is 4. The van der Waals surface area contributed by atoms with Crippen molar-refractivity contribution in [2.75, 3.05) is 5.32 Å². The van der Waals surface area contributed by atoms with Gasteiger partial charge in [0.05, 0.1) is 9.90 Å². The number of anilines is 1. The van der Waals surface area contributed by atoms with Crippen molar-refractivity contribution in [3.05, 3.63) is 63.4 Å². The topological polar surface area (TPSA) is 70.4 Å². The molecule has 0 amide bonds. The Morgan fingerprint density at radius 1 is 1.31 bits per heavy atom. The molecule has 2 N–H and O–H groups in total. The number of aliphatic imine (C=N–C) groups is 1. The van der Waals surface area contributed by atoms with E-state index in [1.807, 2.05) is 18.2 Å². The van der Waals surface area contributed by atoms with E-state index in [0.717, 1.165) is 16.7 Å². The lowest BCUT2D eigenvalue weighted by Crippen LogP contribution is -1.98. The average Bonchev–Trinajstić information content (AvgIpc) is 3.20. The van der Waals surface area contributed by atoms with E-state index in [0.29, 0.717) is 22.4 Å². The molecule has 0 unspecified atom stereocenters. The molecule has 0 bridgehead atoms. The normalized spacial score (nSPS) is 14.0. The van der Waals surface area contributed by atoms with Gasteiger partial charge >= 0.3 is 0 Å². The van der Waals surface area contributed by atoms with Gasteiger partial charge in [-0.25, -0.2) is 14.4 Å². The Balaban J connectivity index is 1.52. The maximum Gasteiger partial charge on any atom is 0.231 e. The fourth-order valence-corrected chi connectivity index (χ4v) is 3.51. The van der Waals surface area contributed by atoms with Gasteiger partial charge in [0.25, 0.3) is 0 Å². The van der Waals surface area contributed by atoms with Gasteiger partial charge in [-0.3, -0.25) is 0 Å². The molecule has 0 saturated carbocycles. The lowest BCUT2D eigenvalue weighted by atomic mass is 10.1. The molecule has 3 heterocycles. The van der Waals surface area contributed by atoms with Crippen molar-refractivity contribution < 1.29 is 9.50 Å². The molecule has 0 saturated heterocycles. The Morgan fingerprint density at radius 2 is 2.19 bits per heavy atom. The molecule has 1 aliphatic rings. The molecular weight excluding hydrogens is 375 g/mol. The van der Waals surface area contributed by atoms with Crippen molar-refractivity contribution in [2.45, 2.75) is 6.54 Å². The third kappa shape index (κ3) is 3.31.